The minimum Gasteiger partial charge on any atom is -0.266 e. The van der Waals surface area contributed by atoms with E-state index in [-0.39, 0.29) is 45.0 Å². The lowest BCUT2D eigenvalue weighted by Gasteiger charge is -2.25. The van der Waals surface area contributed by atoms with Crippen LogP contribution in [0.2, 0.25) is 0 Å². The first-order chi connectivity index (χ1) is 17.8. The average Bonchev–Trinajstić information content (AvgIpc) is 2.80. The van der Waals surface area contributed by atoms with Crippen molar-refractivity contribution in [2.45, 2.75) is 118 Å². The van der Waals surface area contributed by atoms with Gasteiger partial charge in [-0.2, -0.15) is 16.8 Å². The molecule has 0 heterocycles. The Hall–Kier alpha value is -1.74. The molecule has 0 aromatic heterocycles. The second kappa shape index (κ2) is 12.6. The maximum atomic E-state index is 13.6. The Balaban J connectivity index is 0.00000391. The molecule has 2 aromatic carbocycles. The summed E-state index contributed by atoms with van der Waals surface area (Å²) in [6.07, 6.45) is 0. The summed E-state index contributed by atoms with van der Waals surface area (Å²) >= 11 is 0. The number of hydrogen-bond acceptors (Lipinski definition) is 6. The third-order valence-electron chi connectivity index (χ3n) is 5.82. The van der Waals surface area contributed by atoms with Crippen molar-refractivity contribution in [3.8, 4) is 11.1 Å². The summed E-state index contributed by atoms with van der Waals surface area (Å²) < 4.78 is 65.4. The molecule has 40 heavy (non-hydrogen) atoms. The van der Waals surface area contributed by atoms with Crippen LogP contribution in [0.15, 0.2) is 46.2 Å². The Morgan fingerprint density at radius 1 is 0.525 bits per heavy atom. The SMILES string of the molecule is CC.CC(C)(C)COS(=O)(=O)c1cc(C(C)(C)C)ccc1-c1ccc(C(C)(C)C)cc1S(=O)(=O)OCC(C)(C)C. The summed E-state index contributed by atoms with van der Waals surface area (Å²) in [5.41, 5.74) is 0.631. The van der Waals surface area contributed by atoms with Crippen LogP contribution >= 0.6 is 0 Å². The van der Waals surface area contributed by atoms with Crippen molar-refractivity contribution in [3.63, 3.8) is 0 Å². The fraction of sp³-hybridized carbons (Fsp3) is 0.625. The van der Waals surface area contributed by atoms with Crippen LogP contribution in [-0.2, 0) is 39.4 Å². The van der Waals surface area contributed by atoms with Crippen LogP contribution in [0, 0.1) is 10.8 Å². The average molecular weight is 597 g/mol. The van der Waals surface area contributed by atoms with Crippen LogP contribution in [0.5, 0.6) is 0 Å². The molecule has 0 amide bonds. The molecule has 0 bridgehead atoms. The summed E-state index contributed by atoms with van der Waals surface area (Å²) in [6, 6.07) is 10.2. The molecule has 0 aliphatic carbocycles. The molecule has 0 unspecified atom stereocenters. The van der Waals surface area contributed by atoms with Gasteiger partial charge in [-0.1, -0.05) is 121 Å². The molecule has 0 fully saturated rings. The van der Waals surface area contributed by atoms with Crippen molar-refractivity contribution < 1.29 is 25.2 Å². The molecule has 2 rings (SSSR count). The minimum atomic E-state index is -4.23. The van der Waals surface area contributed by atoms with Crippen LogP contribution in [-0.4, -0.2) is 30.0 Å². The first kappa shape index (κ1) is 36.3. The monoisotopic (exact) mass is 596 g/mol. The molecule has 0 spiro atoms. The highest BCUT2D eigenvalue weighted by molar-refractivity contribution is 7.87. The van der Waals surface area contributed by atoms with Gasteiger partial charge < -0.3 is 0 Å². The predicted molar refractivity (Wildman–Crippen MR) is 166 cm³/mol. The predicted octanol–water partition coefficient (Wildman–Crippen LogP) is 8.48. The topological polar surface area (TPSA) is 86.7 Å². The highest BCUT2D eigenvalue weighted by Crippen LogP contribution is 2.39. The smallest absolute Gasteiger partial charge is 0.266 e. The quantitative estimate of drug-likeness (QED) is 0.298. The van der Waals surface area contributed by atoms with Crippen LogP contribution in [0.25, 0.3) is 11.1 Å². The van der Waals surface area contributed by atoms with E-state index < -0.39 is 31.1 Å². The molecule has 0 radical (unpaired) electrons. The highest BCUT2D eigenvalue weighted by Gasteiger charge is 2.31. The van der Waals surface area contributed by atoms with Gasteiger partial charge >= 0.3 is 0 Å². The molecule has 0 saturated carbocycles. The van der Waals surface area contributed by atoms with E-state index in [4.69, 9.17) is 8.37 Å². The zero-order valence-electron chi connectivity index (χ0n) is 27.1. The molecule has 6 nitrogen and oxygen atoms in total. The number of benzene rings is 2. The minimum absolute atomic E-state index is 0.0165. The molecule has 0 aliphatic heterocycles. The molecule has 0 aliphatic rings. The summed E-state index contributed by atoms with van der Waals surface area (Å²) in [7, 11) is -8.45. The molecule has 228 valence electrons. The fourth-order valence-corrected chi connectivity index (χ4v) is 6.18. The largest absolute Gasteiger partial charge is 0.297 e. The Morgan fingerprint density at radius 3 is 1.02 bits per heavy atom. The maximum Gasteiger partial charge on any atom is 0.297 e. The standard InChI is InChI=1S/C30H46O6S2.C2H6/c1-27(2,3)19-35-37(31,32)25-17-21(29(7,8)9)13-15-23(25)24-16-14-22(30(10,11)12)18-26(24)38(33,34)36-20-28(4,5)6;1-2/h13-18H,19-20H2,1-12H3;1-2H3. The highest BCUT2D eigenvalue weighted by atomic mass is 32.2. The Kier molecular flexibility index (Phi) is 11.5. The second-order valence-corrected chi connectivity index (χ2v) is 17.6. The summed E-state index contributed by atoms with van der Waals surface area (Å²) in [4.78, 5) is -0.130. The first-order valence-corrected chi connectivity index (χ1v) is 16.7. The van der Waals surface area contributed by atoms with E-state index in [1.165, 1.54) is 0 Å². The van der Waals surface area contributed by atoms with Gasteiger partial charge in [-0.15, -0.1) is 0 Å². The third kappa shape index (κ3) is 10.3. The van der Waals surface area contributed by atoms with E-state index in [1.807, 2.05) is 109 Å². The van der Waals surface area contributed by atoms with Crippen molar-refractivity contribution in [1.29, 1.82) is 0 Å². The summed E-state index contributed by atoms with van der Waals surface area (Å²) in [6.45, 7) is 27.2. The van der Waals surface area contributed by atoms with Crippen molar-refractivity contribution >= 4 is 20.2 Å². The zero-order chi connectivity index (χ0) is 31.5. The van der Waals surface area contributed by atoms with Crippen molar-refractivity contribution in [3.05, 3.63) is 47.5 Å². The zero-order valence-corrected chi connectivity index (χ0v) is 28.8. The lowest BCUT2D eigenvalue weighted by molar-refractivity contribution is 0.203. The van der Waals surface area contributed by atoms with Crippen molar-refractivity contribution in [2.75, 3.05) is 13.2 Å². The van der Waals surface area contributed by atoms with Gasteiger partial charge in [0.2, 0.25) is 0 Å². The van der Waals surface area contributed by atoms with Gasteiger partial charge in [-0.3, -0.25) is 8.37 Å². The second-order valence-electron chi connectivity index (χ2n) is 14.5. The Bertz CT molecular complexity index is 1250. The molecular formula is C32H52O6S2. The normalized spacial score (nSPS) is 13.6. The van der Waals surface area contributed by atoms with Crippen LogP contribution in [0.4, 0.5) is 0 Å². The van der Waals surface area contributed by atoms with E-state index in [2.05, 4.69) is 0 Å². The van der Waals surface area contributed by atoms with Crippen molar-refractivity contribution in [2.24, 2.45) is 10.8 Å². The Morgan fingerprint density at radius 2 is 0.800 bits per heavy atom. The van der Waals surface area contributed by atoms with E-state index in [0.29, 0.717) is 0 Å². The molecule has 0 N–H and O–H groups in total. The van der Waals surface area contributed by atoms with E-state index >= 15 is 0 Å². The third-order valence-corrected chi connectivity index (χ3v) is 8.43. The van der Waals surface area contributed by atoms with Crippen molar-refractivity contribution in [1.82, 2.24) is 0 Å². The van der Waals surface area contributed by atoms with Crippen LogP contribution < -0.4 is 0 Å². The van der Waals surface area contributed by atoms with Crippen LogP contribution in [0.3, 0.4) is 0 Å². The Labute approximate surface area is 245 Å². The van der Waals surface area contributed by atoms with Gasteiger partial charge in [0.1, 0.15) is 9.79 Å². The van der Waals surface area contributed by atoms with Gasteiger partial charge in [0, 0.05) is 11.1 Å². The number of hydrogen-bond donors (Lipinski definition) is 0. The van der Waals surface area contributed by atoms with Gasteiger partial charge in [-0.05, 0) is 44.9 Å². The molecule has 0 saturated heterocycles. The van der Waals surface area contributed by atoms with E-state index in [9.17, 15) is 16.8 Å². The van der Waals surface area contributed by atoms with Crippen LogP contribution in [0.1, 0.15) is 108 Å². The molecule has 8 heteroatoms. The lowest BCUT2D eigenvalue weighted by atomic mass is 9.85. The molecule has 2 aromatic rings. The fourth-order valence-electron chi connectivity index (χ4n) is 3.47. The van der Waals surface area contributed by atoms with Gasteiger partial charge in [0.25, 0.3) is 20.2 Å². The van der Waals surface area contributed by atoms with Gasteiger partial charge in [0.15, 0.2) is 0 Å². The number of rotatable bonds is 7. The van der Waals surface area contributed by atoms with Gasteiger partial charge in [0.05, 0.1) is 13.2 Å². The summed E-state index contributed by atoms with van der Waals surface area (Å²) in [5, 5.41) is 0. The van der Waals surface area contributed by atoms with E-state index in [0.717, 1.165) is 11.1 Å². The van der Waals surface area contributed by atoms with Gasteiger partial charge in [-0.25, -0.2) is 0 Å². The first-order valence-electron chi connectivity index (χ1n) is 13.9. The maximum absolute atomic E-state index is 13.6. The molecule has 0 atom stereocenters. The summed E-state index contributed by atoms with van der Waals surface area (Å²) in [5.74, 6) is 0. The van der Waals surface area contributed by atoms with E-state index in [1.54, 1.807) is 24.3 Å². The lowest BCUT2D eigenvalue weighted by Crippen LogP contribution is -2.21. The molecular weight excluding hydrogens is 544 g/mol.